The Morgan fingerprint density at radius 3 is 2.38 bits per heavy atom. The Kier molecular flexibility index (Phi) is 5.80. The highest BCUT2D eigenvalue weighted by molar-refractivity contribution is 7.15. The minimum Gasteiger partial charge on any atom is -0.310 e. The zero-order chi connectivity index (χ0) is 15.4. The molecule has 1 aromatic carbocycles. The Morgan fingerprint density at radius 2 is 1.81 bits per heavy atom. The lowest BCUT2D eigenvalue weighted by Gasteiger charge is -2.08. The van der Waals surface area contributed by atoms with Crippen molar-refractivity contribution >= 4 is 22.9 Å². The smallest absolute Gasteiger partial charge is 0.123 e. The van der Waals surface area contributed by atoms with Crippen molar-refractivity contribution < 1.29 is 0 Å². The standard InChI is InChI=1S/C17H23ClN2S/c1-11(2)9-15-16(10-19-12(3)4)21-17(20-15)13-5-7-14(18)8-6-13/h5-8,11-12,19H,9-10H2,1-4H3. The minimum atomic E-state index is 0.484. The van der Waals surface area contributed by atoms with Crippen LogP contribution in [-0.4, -0.2) is 11.0 Å². The van der Waals surface area contributed by atoms with Gasteiger partial charge in [-0.05, 0) is 24.5 Å². The molecule has 2 nitrogen and oxygen atoms in total. The van der Waals surface area contributed by atoms with Crippen LogP contribution in [0.1, 0.15) is 38.3 Å². The molecule has 0 aliphatic heterocycles. The predicted molar refractivity (Wildman–Crippen MR) is 93.1 cm³/mol. The third kappa shape index (κ3) is 4.80. The molecule has 1 aromatic heterocycles. The van der Waals surface area contributed by atoms with E-state index in [-0.39, 0.29) is 0 Å². The highest BCUT2D eigenvalue weighted by atomic mass is 35.5. The Hall–Kier alpha value is -0.900. The van der Waals surface area contributed by atoms with Crippen molar-refractivity contribution in [2.75, 3.05) is 0 Å². The first-order chi connectivity index (χ1) is 9.95. The van der Waals surface area contributed by atoms with Crippen LogP contribution < -0.4 is 5.32 Å². The maximum Gasteiger partial charge on any atom is 0.123 e. The average Bonchev–Trinajstić information content (AvgIpc) is 2.79. The lowest BCUT2D eigenvalue weighted by Crippen LogP contribution is -2.22. The molecule has 0 saturated heterocycles. The highest BCUT2D eigenvalue weighted by Gasteiger charge is 2.14. The molecule has 0 saturated carbocycles. The fourth-order valence-corrected chi connectivity index (χ4v) is 3.25. The molecule has 0 spiro atoms. The van der Waals surface area contributed by atoms with Gasteiger partial charge in [0.05, 0.1) is 5.69 Å². The van der Waals surface area contributed by atoms with Gasteiger partial charge in [0.2, 0.25) is 0 Å². The molecule has 1 heterocycles. The van der Waals surface area contributed by atoms with Gasteiger partial charge in [-0.25, -0.2) is 4.98 Å². The second-order valence-electron chi connectivity index (χ2n) is 6.03. The van der Waals surface area contributed by atoms with Crippen molar-refractivity contribution in [1.29, 1.82) is 0 Å². The fraction of sp³-hybridized carbons (Fsp3) is 0.471. The van der Waals surface area contributed by atoms with Gasteiger partial charge in [-0.3, -0.25) is 0 Å². The first-order valence-electron chi connectivity index (χ1n) is 7.43. The molecule has 0 amide bonds. The van der Waals surface area contributed by atoms with Gasteiger partial charge in [0.25, 0.3) is 0 Å². The SMILES string of the molecule is CC(C)Cc1nc(-c2ccc(Cl)cc2)sc1CNC(C)C. The zero-order valence-corrected chi connectivity index (χ0v) is 14.7. The number of hydrogen-bond acceptors (Lipinski definition) is 3. The molecule has 0 aliphatic rings. The number of halogens is 1. The molecule has 0 bridgehead atoms. The number of nitrogens with one attached hydrogen (secondary N) is 1. The summed E-state index contributed by atoms with van der Waals surface area (Å²) in [6.07, 6.45) is 1.03. The number of hydrogen-bond donors (Lipinski definition) is 1. The predicted octanol–water partition coefficient (Wildman–Crippen LogP) is 5.16. The van der Waals surface area contributed by atoms with E-state index in [1.54, 1.807) is 11.3 Å². The number of rotatable bonds is 6. The highest BCUT2D eigenvalue weighted by Crippen LogP contribution is 2.30. The fourth-order valence-electron chi connectivity index (χ4n) is 2.08. The summed E-state index contributed by atoms with van der Waals surface area (Å²) in [5, 5.41) is 5.35. The molecule has 0 atom stereocenters. The van der Waals surface area contributed by atoms with E-state index < -0.39 is 0 Å². The van der Waals surface area contributed by atoms with Crippen molar-refractivity contribution in [3.8, 4) is 10.6 Å². The number of thiazole rings is 1. The molecular formula is C17H23ClN2S. The van der Waals surface area contributed by atoms with Gasteiger partial charge >= 0.3 is 0 Å². The Morgan fingerprint density at radius 1 is 1.14 bits per heavy atom. The molecule has 0 radical (unpaired) electrons. The number of aromatic nitrogens is 1. The second kappa shape index (κ2) is 7.39. The average molecular weight is 323 g/mol. The zero-order valence-electron chi connectivity index (χ0n) is 13.1. The number of nitrogens with zero attached hydrogens (tertiary/aromatic N) is 1. The summed E-state index contributed by atoms with van der Waals surface area (Å²) in [7, 11) is 0. The van der Waals surface area contributed by atoms with Crippen LogP contribution >= 0.6 is 22.9 Å². The van der Waals surface area contributed by atoms with E-state index in [0.717, 1.165) is 28.6 Å². The Labute approximate surface area is 136 Å². The summed E-state index contributed by atoms with van der Waals surface area (Å²) in [6, 6.07) is 8.41. The maximum atomic E-state index is 5.96. The van der Waals surface area contributed by atoms with Gasteiger partial charge in [-0.2, -0.15) is 0 Å². The van der Waals surface area contributed by atoms with Crippen LogP contribution in [0.25, 0.3) is 10.6 Å². The third-order valence-electron chi connectivity index (χ3n) is 3.14. The summed E-state index contributed by atoms with van der Waals surface area (Å²) >= 11 is 7.75. The van der Waals surface area contributed by atoms with Crippen LogP contribution in [0.5, 0.6) is 0 Å². The van der Waals surface area contributed by atoms with E-state index >= 15 is 0 Å². The molecule has 0 fully saturated rings. The van der Waals surface area contributed by atoms with Crippen LogP contribution in [0.4, 0.5) is 0 Å². The summed E-state index contributed by atoms with van der Waals surface area (Å²) in [5.41, 5.74) is 2.37. The van der Waals surface area contributed by atoms with Gasteiger partial charge in [-0.15, -0.1) is 11.3 Å². The summed E-state index contributed by atoms with van der Waals surface area (Å²) in [4.78, 5) is 6.21. The molecule has 2 aromatic rings. The van der Waals surface area contributed by atoms with Crippen molar-refractivity contribution in [2.24, 2.45) is 5.92 Å². The number of benzene rings is 1. The van der Waals surface area contributed by atoms with E-state index in [1.165, 1.54) is 10.6 Å². The summed E-state index contributed by atoms with van der Waals surface area (Å²) < 4.78 is 0. The first kappa shape index (κ1) is 16.5. The molecule has 4 heteroatoms. The van der Waals surface area contributed by atoms with Gasteiger partial charge < -0.3 is 5.32 Å². The van der Waals surface area contributed by atoms with Gasteiger partial charge in [-0.1, -0.05) is 51.4 Å². The van der Waals surface area contributed by atoms with Crippen LogP contribution in [-0.2, 0) is 13.0 Å². The first-order valence-corrected chi connectivity index (χ1v) is 8.63. The molecule has 21 heavy (non-hydrogen) atoms. The van der Waals surface area contributed by atoms with Gasteiger partial charge in [0.15, 0.2) is 0 Å². The lowest BCUT2D eigenvalue weighted by atomic mass is 10.1. The van der Waals surface area contributed by atoms with Crippen LogP contribution in [0.3, 0.4) is 0 Å². The Balaban J connectivity index is 2.28. The minimum absolute atomic E-state index is 0.484. The quantitative estimate of drug-likeness (QED) is 0.794. The molecule has 0 unspecified atom stereocenters. The summed E-state index contributed by atoms with van der Waals surface area (Å²) in [6.45, 7) is 9.71. The van der Waals surface area contributed by atoms with Crippen LogP contribution in [0.15, 0.2) is 24.3 Å². The Bertz CT molecular complexity index is 573. The monoisotopic (exact) mass is 322 g/mol. The van der Waals surface area contributed by atoms with Crippen molar-refractivity contribution in [3.05, 3.63) is 39.9 Å². The second-order valence-corrected chi connectivity index (χ2v) is 7.55. The van der Waals surface area contributed by atoms with Crippen molar-refractivity contribution in [3.63, 3.8) is 0 Å². The molecule has 2 rings (SSSR count). The molecular weight excluding hydrogens is 300 g/mol. The van der Waals surface area contributed by atoms with Gasteiger partial charge in [0.1, 0.15) is 5.01 Å². The van der Waals surface area contributed by atoms with E-state index in [9.17, 15) is 0 Å². The normalized spacial score (nSPS) is 11.6. The molecule has 0 aliphatic carbocycles. The summed E-state index contributed by atoms with van der Waals surface area (Å²) in [5.74, 6) is 0.614. The molecule has 1 N–H and O–H groups in total. The van der Waals surface area contributed by atoms with Crippen LogP contribution in [0.2, 0.25) is 5.02 Å². The topological polar surface area (TPSA) is 24.9 Å². The van der Waals surface area contributed by atoms with E-state index in [4.69, 9.17) is 16.6 Å². The lowest BCUT2D eigenvalue weighted by molar-refractivity contribution is 0.581. The largest absolute Gasteiger partial charge is 0.310 e. The van der Waals surface area contributed by atoms with Crippen LogP contribution in [0, 0.1) is 5.92 Å². The molecule has 114 valence electrons. The van der Waals surface area contributed by atoms with Crippen molar-refractivity contribution in [2.45, 2.75) is 46.7 Å². The van der Waals surface area contributed by atoms with E-state index in [0.29, 0.717) is 12.0 Å². The van der Waals surface area contributed by atoms with Gasteiger partial charge in [0, 0.05) is 28.0 Å². The van der Waals surface area contributed by atoms with E-state index in [2.05, 4.69) is 33.0 Å². The van der Waals surface area contributed by atoms with E-state index in [1.807, 2.05) is 24.3 Å². The van der Waals surface area contributed by atoms with Crippen molar-refractivity contribution in [1.82, 2.24) is 10.3 Å². The maximum absolute atomic E-state index is 5.96. The third-order valence-corrected chi connectivity index (χ3v) is 4.54.